The molecule has 1 heterocycles. The lowest BCUT2D eigenvalue weighted by Gasteiger charge is -2.33. The number of piperazine rings is 1. The molecule has 0 bridgehead atoms. The van der Waals surface area contributed by atoms with Crippen molar-refractivity contribution in [2.45, 2.75) is 6.92 Å². The molecule has 0 aromatic heterocycles. The number of amides is 3. The SMILES string of the molecule is CCOC(=O)N1CCN(C(=O)N/C=C/c2ccc(OC)cc2)CC1. The van der Waals surface area contributed by atoms with Gasteiger partial charge in [0, 0.05) is 32.4 Å². The van der Waals surface area contributed by atoms with Crippen LogP contribution in [0.25, 0.3) is 6.08 Å². The van der Waals surface area contributed by atoms with E-state index in [1.54, 1.807) is 30.0 Å². The molecule has 1 aromatic carbocycles. The summed E-state index contributed by atoms with van der Waals surface area (Å²) in [6.07, 6.45) is 3.10. The highest BCUT2D eigenvalue weighted by molar-refractivity contribution is 5.76. The van der Waals surface area contributed by atoms with Crippen molar-refractivity contribution < 1.29 is 19.1 Å². The fraction of sp³-hybridized carbons (Fsp3) is 0.412. The van der Waals surface area contributed by atoms with E-state index in [1.807, 2.05) is 30.3 Å². The fourth-order valence-electron chi connectivity index (χ4n) is 2.32. The van der Waals surface area contributed by atoms with Crippen LogP contribution < -0.4 is 10.1 Å². The third-order valence-corrected chi connectivity index (χ3v) is 3.69. The van der Waals surface area contributed by atoms with Gasteiger partial charge >= 0.3 is 12.1 Å². The van der Waals surface area contributed by atoms with E-state index in [4.69, 9.17) is 9.47 Å². The van der Waals surface area contributed by atoms with Crippen molar-refractivity contribution in [3.8, 4) is 5.75 Å². The van der Waals surface area contributed by atoms with Crippen LogP contribution in [0, 0.1) is 0 Å². The number of nitrogens with zero attached hydrogens (tertiary/aromatic N) is 2. The molecule has 1 fully saturated rings. The Bertz CT molecular complexity index is 578. The Balaban J connectivity index is 1.77. The van der Waals surface area contributed by atoms with E-state index in [2.05, 4.69) is 5.32 Å². The number of methoxy groups -OCH3 is 1. The highest BCUT2D eigenvalue weighted by Crippen LogP contribution is 2.12. The second-order valence-electron chi connectivity index (χ2n) is 5.23. The second-order valence-corrected chi connectivity index (χ2v) is 5.23. The van der Waals surface area contributed by atoms with E-state index < -0.39 is 0 Å². The van der Waals surface area contributed by atoms with Crippen molar-refractivity contribution >= 4 is 18.2 Å². The van der Waals surface area contributed by atoms with Crippen LogP contribution >= 0.6 is 0 Å². The minimum absolute atomic E-state index is 0.178. The highest BCUT2D eigenvalue weighted by atomic mass is 16.6. The molecule has 0 radical (unpaired) electrons. The first kappa shape index (κ1) is 17.7. The zero-order valence-electron chi connectivity index (χ0n) is 14.0. The van der Waals surface area contributed by atoms with E-state index >= 15 is 0 Å². The van der Waals surface area contributed by atoms with Crippen LogP contribution in [0.2, 0.25) is 0 Å². The van der Waals surface area contributed by atoms with Crippen LogP contribution in [-0.2, 0) is 4.74 Å². The summed E-state index contributed by atoms with van der Waals surface area (Å²) in [4.78, 5) is 27.0. The van der Waals surface area contributed by atoms with Crippen molar-refractivity contribution in [3.05, 3.63) is 36.0 Å². The molecule has 0 unspecified atom stereocenters. The standard InChI is InChI=1S/C17H23N3O4/c1-3-24-17(22)20-12-10-19(11-13-20)16(21)18-9-8-14-4-6-15(23-2)7-5-14/h4-9H,3,10-13H2,1-2H3,(H,18,21)/b9-8+. The molecule has 7 nitrogen and oxygen atoms in total. The maximum absolute atomic E-state index is 12.1. The molecular weight excluding hydrogens is 310 g/mol. The van der Waals surface area contributed by atoms with Gasteiger partial charge in [-0.2, -0.15) is 0 Å². The minimum atomic E-state index is -0.322. The van der Waals surface area contributed by atoms with Crippen molar-refractivity contribution in [1.82, 2.24) is 15.1 Å². The molecule has 1 aliphatic heterocycles. The monoisotopic (exact) mass is 333 g/mol. The van der Waals surface area contributed by atoms with Gasteiger partial charge in [-0.1, -0.05) is 12.1 Å². The number of rotatable bonds is 4. The molecule has 1 aromatic rings. The first-order valence-electron chi connectivity index (χ1n) is 7.91. The lowest BCUT2D eigenvalue weighted by molar-refractivity contribution is 0.0856. The largest absolute Gasteiger partial charge is 0.497 e. The highest BCUT2D eigenvalue weighted by Gasteiger charge is 2.24. The second kappa shape index (κ2) is 8.81. The minimum Gasteiger partial charge on any atom is -0.497 e. The Kier molecular flexibility index (Phi) is 6.48. The average Bonchev–Trinajstić information content (AvgIpc) is 2.62. The molecule has 130 valence electrons. The predicted molar refractivity (Wildman–Crippen MR) is 90.7 cm³/mol. The van der Waals surface area contributed by atoms with Crippen LogP contribution in [-0.4, -0.2) is 61.8 Å². The molecule has 3 amide bonds. The number of benzene rings is 1. The van der Waals surface area contributed by atoms with Crippen LogP contribution in [0.5, 0.6) is 5.75 Å². The molecule has 0 spiro atoms. The molecule has 0 saturated carbocycles. The summed E-state index contributed by atoms with van der Waals surface area (Å²) in [5.74, 6) is 0.788. The number of nitrogens with one attached hydrogen (secondary N) is 1. The molecule has 7 heteroatoms. The van der Waals surface area contributed by atoms with Gasteiger partial charge in [-0.15, -0.1) is 0 Å². The molecule has 0 atom stereocenters. The van der Waals surface area contributed by atoms with Gasteiger partial charge in [0.1, 0.15) is 5.75 Å². The van der Waals surface area contributed by atoms with E-state index in [1.165, 1.54) is 0 Å². The Hall–Kier alpha value is -2.70. The number of hydrogen-bond acceptors (Lipinski definition) is 4. The summed E-state index contributed by atoms with van der Waals surface area (Å²) in [6.45, 7) is 4.07. The van der Waals surface area contributed by atoms with Gasteiger partial charge in [0.15, 0.2) is 0 Å². The maximum Gasteiger partial charge on any atom is 0.409 e. The lowest BCUT2D eigenvalue weighted by Crippen LogP contribution is -2.52. The zero-order chi connectivity index (χ0) is 17.4. The van der Waals surface area contributed by atoms with E-state index in [0.717, 1.165) is 11.3 Å². The first-order chi connectivity index (χ1) is 11.6. The normalized spacial score (nSPS) is 14.6. The van der Waals surface area contributed by atoms with E-state index in [9.17, 15) is 9.59 Å². The maximum atomic E-state index is 12.1. The van der Waals surface area contributed by atoms with Crippen LogP contribution in [0.3, 0.4) is 0 Å². The van der Waals surface area contributed by atoms with Crippen molar-refractivity contribution in [1.29, 1.82) is 0 Å². The lowest BCUT2D eigenvalue weighted by atomic mass is 10.2. The predicted octanol–water partition coefficient (Wildman–Crippen LogP) is 2.15. The topological polar surface area (TPSA) is 71.1 Å². The summed E-state index contributed by atoms with van der Waals surface area (Å²) in [6, 6.07) is 7.34. The van der Waals surface area contributed by atoms with Crippen LogP contribution in [0.1, 0.15) is 12.5 Å². The van der Waals surface area contributed by atoms with Crippen molar-refractivity contribution in [2.24, 2.45) is 0 Å². The Morgan fingerprint density at radius 3 is 2.33 bits per heavy atom. The summed E-state index contributed by atoms with van der Waals surface area (Å²) in [5.41, 5.74) is 0.961. The number of hydrogen-bond donors (Lipinski definition) is 1. The Morgan fingerprint density at radius 1 is 1.12 bits per heavy atom. The molecule has 1 aliphatic rings. The quantitative estimate of drug-likeness (QED) is 0.916. The molecule has 24 heavy (non-hydrogen) atoms. The smallest absolute Gasteiger partial charge is 0.409 e. The summed E-state index contributed by atoms with van der Waals surface area (Å²) >= 11 is 0. The van der Waals surface area contributed by atoms with Gasteiger partial charge in [-0.25, -0.2) is 9.59 Å². The van der Waals surface area contributed by atoms with Gasteiger partial charge in [0.05, 0.1) is 13.7 Å². The van der Waals surface area contributed by atoms with Crippen molar-refractivity contribution in [2.75, 3.05) is 39.9 Å². The summed E-state index contributed by atoms with van der Waals surface area (Å²) < 4.78 is 10.0. The van der Waals surface area contributed by atoms with E-state index in [0.29, 0.717) is 32.8 Å². The Labute approximate surface area is 141 Å². The van der Waals surface area contributed by atoms with Crippen LogP contribution in [0.4, 0.5) is 9.59 Å². The third kappa shape index (κ3) is 4.91. The molecule has 2 rings (SSSR count). The molecule has 1 saturated heterocycles. The fourth-order valence-corrected chi connectivity index (χ4v) is 2.32. The first-order valence-corrected chi connectivity index (χ1v) is 7.91. The van der Waals surface area contributed by atoms with Crippen molar-refractivity contribution in [3.63, 3.8) is 0 Å². The van der Waals surface area contributed by atoms with Gasteiger partial charge in [0.2, 0.25) is 0 Å². The molecule has 0 aliphatic carbocycles. The van der Waals surface area contributed by atoms with Gasteiger partial charge in [-0.05, 0) is 30.7 Å². The average molecular weight is 333 g/mol. The van der Waals surface area contributed by atoms with Gasteiger partial charge in [-0.3, -0.25) is 0 Å². The third-order valence-electron chi connectivity index (χ3n) is 3.69. The van der Waals surface area contributed by atoms with Crippen LogP contribution in [0.15, 0.2) is 30.5 Å². The zero-order valence-corrected chi connectivity index (χ0v) is 14.0. The summed E-state index contributed by atoms with van der Waals surface area (Å²) in [7, 11) is 1.62. The van der Waals surface area contributed by atoms with Gasteiger partial charge < -0.3 is 24.6 Å². The van der Waals surface area contributed by atoms with E-state index in [-0.39, 0.29) is 12.1 Å². The number of carbonyl (C=O) groups excluding carboxylic acids is 2. The number of urea groups is 1. The number of ether oxygens (including phenoxy) is 2. The van der Waals surface area contributed by atoms with Gasteiger partial charge in [0.25, 0.3) is 0 Å². The summed E-state index contributed by atoms with van der Waals surface area (Å²) in [5, 5.41) is 2.74. The Morgan fingerprint density at radius 2 is 1.75 bits per heavy atom. The number of carbonyl (C=O) groups is 2. The molecular formula is C17H23N3O4. The molecule has 1 N–H and O–H groups in total.